The van der Waals surface area contributed by atoms with Crippen LogP contribution in [0.5, 0.6) is 11.5 Å². The van der Waals surface area contributed by atoms with E-state index in [9.17, 15) is 19.2 Å². The molecule has 1 saturated carbocycles. The zero-order valence-electron chi connectivity index (χ0n) is 31.0. The molecule has 5 N–H and O–H groups in total. The number of carbonyl (C=O) groups is 4. The van der Waals surface area contributed by atoms with Crippen LogP contribution < -0.4 is 31.3 Å². The van der Waals surface area contributed by atoms with Crippen molar-refractivity contribution in [2.24, 2.45) is 0 Å². The third-order valence-corrected chi connectivity index (χ3v) is 11.4. The maximum atomic E-state index is 15.2. The molecule has 5 heterocycles. The standard InChI is InChI=1S/C41H41FN10O5/c42-31-18-29-30(41(56)51(40(29)55)32-14-15-34(53)48-39(32)54)19-33(31)50-20-25(21-50)45-17-16-44-24-8-10-26(11-9-24)52-38-35(37(43)46-22-47-38)36(49-52)23-6-12-28(13-7-23)57-27-4-2-1-3-5-27/h1-7,12-13,18-19,22,24-26,32,44-45H,8-11,14-17,20-21H2,(H2,43,46,47)(H,48,53,54)/t24-,26+,32-/m0/s1. The zero-order chi connectivity index (χ0) is 39.2. The second-order valence-electron chi connectivity index (χ2n) is 15.0. The third kappa shape index (κ3) is 6.95. The maximum Gasteiger partial charge on any atom is 0.262 e. The number of nitrogen functional groups attached to an aromatic ring is 1. The highest BCUT2D eigenvalue weighted by Gasteiger charge is 2.45. The number of halogens is 1. The summed E-state index contributed by atoms with van der Waals surface area (Å²) in [7, 11) is 0. The van der Waals surface area contributed by atoms with E-state index < -0.39 is 35.5 Å². The number of hydrogen-bond acceptors (Lipinski definition) is 12. The number of para-hydroxylation sites is 1. The molecule has 0 unspecified atom stereocenters. The fourth-order valence-corrected chi connectivity index (χ4v) is 8.36. The van der Waals surface area contributed by atoms with Crippen molar-refractivity contribution in [1.82, 2.24) is 40.6 Å². The molecule has 3 aliphatic heterocycles. The Morgan fingerprint density at radius 3 is 2.23 bits per heavy atom. The van der Waals surface area contributed by atoms with E-state index in [4.69, 9.17) is 15.6 Å². The van der Waals surface area contributed by atoms with Gasteiger partial charge in [0.2, 0.25) is 11.8 Å². The minimum absolute atomic E-state index is 0.0172. The summed E-state index contributed by atoms with van der Waals surface area (Å²) in [6.45, 7) is 2.59. The van der Waals surface area contributed by atoms with Gasteiger partial charge in [0, 0.05) is 50.2 Å². The van der Waals surface area contributed by atoms with Crippen LogP contribution in [0.1, 0.15) is 65.3 Å². The molecule has 0 radical (unpaired) electrons. The van der Waals surface area contributed by atoms with Gasteiger partial charge in [-0.1, -0.05) is 18.2 Å². The minimum Gasteiger partial charge on any atom is -0.457 e. The van der Waals surface area contributed by atoms with E-state index in [-0.39, 0.29) is 41.7 Å². The number of amides is 4. The first-order valence-electron chi connectivity index (χ1n) is 19.3. The summed E-state index contributed by atoms with van der Waals surface area (Å²) in [6.07, 6.45) is 5.36. The minimum atomic E-state index is -1.10. The van der Waals surface area contributed by atoms with Crippen molar-refractivity contribution in [3.05, 3.63) is 90.0 Å². The molecule has 0 spiro atoms. The van der Waals surface area contributed by atoms with E-state index in [1.165, 1.54) is 12.4 Å². The van der Waals surface area contributed by atoms with E-state index in [0.717, 1.165) is 83.5 Å². The Morgan fingerprint density at radius 1 is 0.825 bits per heavy atom. The highest BCUT2D eigenvalue weighted by atomic mass is 19.1. The van der Waals surface area contributed by atoms with Gasteiger partial charge >= 0.3 is 0 Å². The number of benzene rings is 3. The van der Waals surface area contributed by atoms with Crippen molar-refractivity contribution in [2.45, 2.75) is 62.7 Å². The monoisotopic (exact) mass is 772 g/mol. The van der Waals surface area contributed by atoms with Gasteiger partial charge in [-0.05, 0) is 80.6 Å². The molecule has 5 aromatic rings. The number of nitrogens with zero attached hydrogens (tertiary/aromatic N) is 6. The number of aromatic nitrogens is 4. The van der Waals surface area contributed by atoms with Crippen LogP contribution in [0.2, 0.25) is 0 Å². The average molecular weight is 773 g/mol. The maximum absolute atomic E-state index is 15.2. The number of rotatable bonds is 11. The lowest BCUT2D eigenvalue weighted by Gasteiger charge is -2.42. The molecule has 9 rings (SSSR count). The summed E-state index contributed by atoms with van der Waals surface area (Å²) in [5.41, 5.74) is 9.01. The Kier molecular flexibility index (Phi) is 9.58. The number of hydrogen-bond donors (Lipinski definition) is 4. The van der Waals surface area contributed by atoms with Gasteiger partial charge in [0.05, 0.1) is 28.2 Å². The van der Waals surface area contributed by atoms with E-state index >= 15 is 4.39 Å². The van der Waals surface area contributed by atoms with Gasteiger partial charge in [0.25, 0.3) is 11.8 Å². The topological polar surface area (TPSA) is 190 Å². The molecular formula is C41H41FN10O5. The lowest BCUT2D eigenvalue weighted by atomic mass is 9.91. The molecule has 57 heavy (non-hydrogen) atoms. The number of nitrogens with one attached hydrogen (secondary N) is 3. The Morgan fingerprint density at radius 2 is 1.51 bits per heavy atom. The van der Waals surface area contributed by atoms with E-state index in [0.29, 0.717) is 24.9 Å². The van der Waals surface area contributed by atoms with E-state index in [2.05, 4.69) is 25.9 Å². The number of anilines is 2. The molecule has 16 heteroatoms. The predicted molar refractivity (Wildman–Crippen MR) is 208 cm³/mol. The summed E-state index contributed by atoms with van der Waals surface area (Å²) in [4.78, 5) is 61.8. The molecule has 15 nitrogen and oxygen atoms in total. The van der Waals surface area contributed by atoms with Gasteiger partial charge in [-0.15, -0.1) is 0 Å². The van der Waals surface area contributed by atoms with Crippen LogP contribution in [0.25, 0.3) is 22.3 Å². The summed E-state index contributed by atoms with van der Waals surface area (Å²) in [5, 5.41) is 15.2. The number of imide groups is 2. The summed E-state index contributed by atoms with van der Waals surface area (Å²) >= 11 is 0. The van der Waals surface area contributed by atoms with Crippen LogP contribution in [0, 0.1) is 5.82 Å². The highest BCUT2D eigenvalue weighted by Crippen LogP contribution is 2.37. The molecule has 292 valence electrons. The molecule has 2 aromatic heterocycles. The Hall–Kier alpha value is -6.26. The largest absolute Gasteiger partial charge is 0.457 e. The fourth-order valence-electron chi connectivity index (χ4n) is 8.36. The van der Waals surface area contributed by atoms with Gasteiger partial charge in [0.15, 0.2) is 5.65 Å². The second kappa shape index (κ2) is 15.0. The van der Waals surface area contributed by atoms with Crippen molar-refractivity contribution in [1.29, 1.82) is 0 Å². The Labute approximate surface area is 326 Å². The van der Waals surface area contributed by atoms with Crippen LogP contribution in [-0.2, 0) is 9.59 Å². The van der Waals surface area contributed by atoms with Crippen LogP contribution in [-0.4, -0.2) is 92.6 Å². The lowest BCUT2D eigenvalue weighted by molar-refractivity contribution is -0.136. The smallest absolute Gasteiger partial charge is 0.262 e. The number of nitrogens with two attached hydrogens (primary N) is 1. The first-order valence-corrected chi connectivity index (χ1v) is 19.3. The number of carbonyl (C=O) groups excluding carboxylic acids is 4. The number of ether oxygens (including phenoxy) is 1. The molecular weight excluding hydrogens is 732 g/mol. The highest BCUT2D eigenvalue weighted by molar-refractivity contribution is 6.23. The van der Waals surface area contributed by atoms with Crippen molar-refractivity contribution < 1.29 is 28.3 Å². The normalized spacial score (nSPS) is 21.2. The van der Waals surface area contributed by atoms with E-state index in [1.54, 1.807) is 0 Å². The van der Waals surface area contributed by atoms with Crippen molar-refractivity contribution >= 4 is 46.2 Å². The van der Waals surface area contributed by atoms with Gasteiger partial charge in [-0.2, -0.15) is 5.10 Å². The average Bonchev–Trinajstić information content (AvgIpc) is 3.70. The molecule has 3 fully saturated rings. The van der Waals surface area contributed by atoms with Crippen LogP contribution in [0.4, 0.5) is 15.9 Å². The van der Waals surface area contributed by atoms with Gasteiger partial charge in [-0.25, -0.2) is 19.0 Å². The van der Waals surface area contributed by atoms with Gasteiger partial charge in [-0.3, -0.25) is 29.4 Å². The first kappa shape index (κ1) is 36.4. The lowest BCUT2D eigenvalue weighted by Crippen LogP contribution is -2.59. The summed E-state index contributed by atoms with van der Waals surface area (Å²) in [5.74, 6) is -1.26. The molecule has 4 amide bonds. The quantitative estimate of drug-likeness (QED) is 0.112. The van der Waals surface area contributed by atoms with Gasteiger partial charge < -0.3 is 26.0 Å². The van der Waals surface area contributed by atoms with Crippen molar-refractivity contribution in [3.63, 3.8) is 0 Å². The number of fused-ring (bicyclic) bond motifs is 2. The van der Waals surface area contributed by atoms with Crippen molar-refractivity contribution in [3.8, 4) is 22.8 Å². The zero-order valence-corrected chi connectivity index (χ0v) is 31.0. The molecule has 2 saturated heterocycles. The molecule has 4 aliphatic rings. The molecule has 1 aliphatic carbocycles. The van der Waals surface area contributed by atoms with Gasteiger partial charge in [0.1, 0.15) is 41.2 Å². The van der Waals surface area contributed by atoms with E-state index in [1.807, 2.05) is 64.2 Å². The first-order chi connectivity index (χ1) is 27.7. The van der Waals surface area contributed by atoms with Crippen LogP contribution in [0.15, 0.2) is 73.1 Å². The van der Waals surface area contributed by atoms with Crippen LogP contribution in [0.3, 0.4) is 0 Å². The molecule has 1 atom stereocenters. The Bertz CT molecular complexity index is 2380. The summed E-state index contributed by atoms with van der Waals surface area (Å²) in [6, 6.07) is 19.5. The molecule has 0 bridgehead atoms. The fraction of sp³-hybridized carbons (Fsp3) is 0.341. The SMILES string of the molecule is Nc1ncnc2c1c(-c1ccc(Oc3ccccc3)cc1)nn2[C@H]1CC[C@@H](NCCNC2CN(c3cc4c(cc3F)C(=O)N([C@H]3CCC(=O)NC3=O)C4=O)C2)CC1. The second-order valence-corrected chi connectivity index (χ2v) is 15.0. The summed E-state index contributed by atoms with van der Waals surface area (Å²) < 4.78 is 23.2. The van der Waals surface area contributed by atoms with Crippen molar-refractivity contribution in [2.75, 3.05) is 36.8 Å². The number of piperidine rings is 1. The Balaban J connectivity index is 0.754. The third-order valence-electron chi connectivity index (χ3n) is 11.4. The predicted octanol–water partition coefficient (Wildman–Crippen LogP) is 3.96. The van der Waals surface area contributed by atoms with Crippen LogP contribution >= 0.6 is 0 Å². The molecule has 3 aromatic carbocycles.